The largest absolute Gasteiger partial charge is 0.314 e. The van der Waals surface area contributed by atoms with Crippen molar-refractivity contribution in [1.29, 1.82) is 0 Å². The Balaban J connectivity index is 2.04. The molecule has 0 aromatic carbocycles. The first kappa shape index (κ1) is 13.3. The van der Waals surface area contributed by atoms with E-state index in [0.29, 0.717) is 11.5 Å². The molecule has 2 aliphatic heterocycles. The predicted molar refractivity (Wildman–Crippen MR) is 73.3 cm³/mol. The van der Waals surface area contributed by atoms with Crippen molar-refractivity contribution < 1.29 is 0 Å². The molecule has 3 nitrogen and oxygen atoms in total. The summed E-state index contributed by atoms with van der Waals surface area (Å²) in [7, 11) is 0. The predicted octanol–water partition coefficient (Wildman–Crippen LogP) is 1.40. The minimum Gasteiger partial charge on any atom is -0.314 e. The normalized spacial score (nSPS) is 31.9. The van der Waals surface area contributed by atoms with E-state index in [-0.39, 0.29) is 0 Å². The summed E-state index contributed by atoms with van der Waals surface area (Å²) in [5.41, 5.74) is 0.475. The zero-order chi connectivity index (χ0) is 12.5. The highest BCUT2D eigenvalue weighted by atomic mass is 15.3. The monoisotopic (exact) mass is 239 g/mol. The van der Waals surface area contributed by atoms with E-state index in [2.05, 4.69) is 42.8 Å². The minimum absolute atomic E-state index is 0.475. The summed E-state index contributed by atoms with van der Waals surface area (Å²) in [5.74, 6) is 0. The van der Waals surface area contributed by atoms with Gasteiger partial charge in [-0.2, -0.15) is 0 Å². The van der Waals surface area contributed by atoms with Crippen LogP contribution in [-0.4, -0.2) is 61.2 Å². The summed E-state index contributed by atoms with van der Waals surface area (Å²) in [6.45, 7) is 16.9. The topological polar surface area (TPSA) is 18.5 Å². The highest BCUT2D eigenvalue weighted by molar-refractivity contribution is 4.95. The molecule has 2 aliphatic rings. The van der Waals surface area contributed by atoms with Gasteiger partial charge in [-0.05, 0) is 32.2 Å². The van der Waals surface area contributed by atoms with Crippen LogP contribution in [0, 0.1) is 5.41 Å². The van der Waals surface area contributed by atoms with Crippen molar-refractivity contribution in [3.8, 4) is 0 Å². The van der Waals surface area contributed by atoms with Gasteiger partial charge in [-0.1, -0.05) is 13.8 Å². The number of rotatable bonds is 2. The quantitative estimate of drug-likeness (QED) is 0.786. The molecule has 1 N–H and O–H groups in total. The van der Waals surface area contributed by atoms with Gasteiger partial charge < -0.3 is 5.32 Å². The molecular weight excluding hydrogens is 210 g/mol. The van der Waals surface area contributed by atoms with Crippen molar-refractivity contribution in [3.63, 3.8) is 0 Å². The van der Waals surface area contributed by atoms with Crippen molar-refractivity contribution in [2.75, 3.05) is 39.3 Å². The summed E-state index contributed by atoms with van der Waals surface area (Å²) in [6, 6.07) is 1.43. The maximum Gasteiger partial charge on any atom is 0.0275 e. The molecule has 100 valence electrons. The summed E-state index contributed by atoms with van der Waals surface area (Å²) in [6.07, 6.45) is 1.33. The van der Waals surface area contributed by atoms with Crippen molar-refractivity contribution >= 4 is 0 Å². The molecule has 0 aliphatic carbocycles. The van der Waals surface area contributed by atoms with Crippen LogP contribution in [0.15, 0.2) is 0 Å². The van der Waals surface area contributed by atoms with Gasteiger partial charge >= 0.3 is 0 Å². The molecular formula is C14H29N3. The molecule has 1 unspecified atom stereocenters. The molecule has 0 bridgehead atoms. The Hall–Kier alpha value is -0.120. The van der Waals surface area contributed by atoms with Crippen LogP contribution in [0.1, 0.15) is 34.1 Å². The van der Waals surface area contributed by atoms with Gasteiger partial charge in [0.05, 0.1) is 0 Å². The number of likely N-dealkylation sites (tertiary alicyclic amines) is 1. The van der Waals surface area contributed by atoms with E-state index in [4.69, 9.17) is 0 Å². The second-order valence-electron chi connectivity index (χ2n) is 6.63. The highest BCUT2D eigenvalue weighted by Gasteiger charge is 2.39. The molecule has 0 saturated carbocycles. The number of hydrogen-bond acceptors (Lipinski definition) is 3. The summed E-state index contributed by atoms with van der Waals surface area (Å²) in [4.78, 5) is 5.36. The molecule has 0 spiro atoms. The van der Waals surface area contributed by atoms with E-state index in [0.717, 1.165) is 19.1 Å². The van der Waals surface area contributed by atoms with Crippen molar-refractivity contribution in [2.24, 2.45) is 5.41 Å². The van der Waals surface area contributed by atoms with Crippen LogP contribution in [-0.2, 0) is 0 Å². The Labute approximate surface area is 107 Å². The molecule has 0 aromatic rings. The Kier molecular flexibility index (Phi) is 4.11. The molecule has 3 heteroatoms. The van der Waals surface area contributed by atoms with Crippen molar-refractivity contribution in [1.82, 2.24) is 15.1 Å². The van der Waals surface area contributed by atoms with Gasteiger partial charge in [-0.25, -0.2) is 0 Å². The molecule has 0 aromatic heterocycles. The van der Waals surface area contributed by atoms with Gasteiger partial charge in [0.25, 0.3) is 0 Å². The van der Waals surface area contributed by atoms with E-state index in [1.165, 1.54) is 32.6 Å². The average Bonchev–Trinajstić information content (AvgIpc) is 2.29. The first-order valence-electron chi connectivity index (χ1n) is 7.19. The number of nitrogens with one attached hydrogen (secondary N) is 1. The third-order valence-corrected chi connectivity index (χ3v) is 4.68. The van der Waals surface area contributed by atoms with Crippen LogP contribution in [0.2, 0.25) is 0 Å². The zero-order valence-electron chi connectivity index (χ0n) is 12.0. The lowest BCUT2D eigenvalue weighted by atomic mass is 9.76. The van der Waals surface area contributed by atoms with Crippen LogP contribution in [0.4, 0.5) is 0 Å². The molecule has 0 amide bonds. The van der Waals surface area contributed by atoms with Crippen LogP contribution in [0.3, 0.4) is 0 Å². The lowest BCUT2D eigenvalue weighted by molar-refractivity contribution is -0.00917. The average molecular weight is 239 g/mol. The van der Waals surface area contributed by atoms with Crippen molar-refractivity contribution in [3.05, 3.63) is 0 Å². The third kappa shape index (κ3) is 3.01. The van der Waals surface area contributed by atoms with Crippen LogP contribution < -0.4 is 5.32 Å². The second-order valence-corrected chi connectivity index (χ2v) is 6.63. The lowest BCUT2D eigenvalue weighted by Crippen LogP contribution is -2.61. The van der Waals surface area contributed by atoms with Gasteiger partial charge in [0.1, 0.15) is 0 Å². The van der Waals surface area contributed by atoms with Crippen LogP contribution >= 0.6 is 0 Å². The van der Waals surface area contributed by atoms with E-state index in [1.807, 2.05) is 0 Å². The zero-order valence-corrected chi connectivity index (χ0v) is 12.0. The summed E-state index contributed by atoms with van der Waals surface area (Å²) >= 11 is 0. The molecule has 2 saturated heterocycles. The van der Waals surface area contributed by atoms with Crippen LogP contribution in [0.5, 0.6) is 0 Å². The first-order chi connectivity index (χ1) is 8.00. The third-order valence-electron chi connectivity index (χ3n) is 4.68. The SMILES string of the molecule is CC(C)N1CCC(C)(C)C(N2CCNCC2)C1. The number of hydrogen-bond donors (Lipinski definition) is 1. The Morgan fingerprint density at radius 2 is 1.76 bits per heavy atom. The number of nitrogens with zero attached hydrogens (tertiary/aromatic N) is 2. The van der Waals surface area contributed by atoms with E-state index >= 15 is 0 Å². The molecule has 0 radical (unpaired) electrons. The van der Waals surface area contributed by atoms with Gasteiger partial charge in [0.2, 0.25) is 0 Å². The molecule has 17 heavy (non-hydrogen) atoms. The highest BCUT2D eigenvalue weighted by Crippen LogP contribution is 2.34. The minimum atomic E-state index is 0.475. The van der Waals surface area contributed by atoms with Gasteiger partial charge in [-0.15, -0.1) is 0 Å². The van der Waals surface area contributed by atoms with E-state index in [9.17, 15) is 0 Å². The van der Waals surface area contributed by atoms with Gasteiger partial charge in [0.15, 0.2) is 0 Å². The van der Waals surface area contributed by atoms with Crippen LogP contribution in [0.25, 0.3) is 0 Å². The molecule has 1 atom stereocenters. The molecule has 2 heterocycles. The Bertz CT molecular complexity index is 244. The second kappa shape index (κ2) is 5.25. The van der Waals surface area contributed by atoms with E-state index in [1.54, 1.807) is 0 Å². The maximum absolute atomic E-state index is 3.46. The summed E-state index contributed by atoms with van der Waals surface area (Å²) in [5, 5.41) is 3.46. The fraction of sp³-hybridized carbons (Fsp3) is 1.00. The fourth-order valence-electron chi connectivity index (χ4n) is 3.23. The number of piperazine rings is 1. The molecule has 2 fully saturated rings. The first-order valence-corrected chi connectivity index (χ1v) is 7.19. The van der Waals surface area contributed by atoms with Crippen molar-refractivity contribution in [2.45, 2.75) is 46.2 Å². The summed E-state index contributed by atoms with van der Waals surface area (Å²) < 4.78 is 0. The smallest absolute Gasteiger partial charge is 0.0275 e. The van der Waals surface area contributed by atoms with Gasteiger partial charge in [0, 0.05) is 44.8 Å². The van der Waals surface area contributed by atoms with Gasteiger partial charge in [-0.3, -0.25) is 9.80 Å². The fourth-order valence-corrected chi connectivity index (χ4v) is 3.23. The Morgan fingerprint density at radius 1 is 1.12 bits per heavy atom. The maximum atomic E-state index is 3.46. The molecule has 2 rings (SSSR count). The Morgan fingerprint density at radius 3 is 2.35 bits per heavy atom. The number of piperidine rings is 1. The standard InChI is InChI=1S/C14H29N3/c1-12(2)17-8-5-14(3,4)13(11-17)16-9-6-15-7-10-16/h12-13,15H,5-11H2,1-4H3. The lowest BCUT2D eigenvalue weighted by Gasteiger charge is -2.51. The van der Waals surface area contributed by atoms with E-state index < -0.39 is 0 Å².